The van der Waals surface area contributed by atoms with Gasteiger partial charge >= 0.3 is 0 Å². The van der Waals surface area contributed by atoms with E-state index in [9.17, 15) is 0 Å². The Bertz CT molecular complexity index is 622. The number of alkyl halides is 1. The molecule has 1 atom stereocenters. The summed E-state index contributed by atoms with van der Waals surface area (Å²) in [6.45, 7) is 4.07. The molecule has 0 bridgehead atoms. The molecule has 3 nitrogen and oxygen atoms in total. The second kappa shape index (κ2) is 6.84. The summed E-state index contributed by atoms with van der Waals surface area (Å²) < 4.78 is 9.13. The van der Waals surface area contributed by atoms with E-state index >= 15 is 0 Å². The summed E-state index contributed by atoms with van der Waals surface area (Å²) in [6.07, 6.45) is 3.08. The van der Waals surface area contributed by atoms with Gasteiger partial charge in [-0.2, -0.15) is 0 Å². The Morgan fingerprint density at radius 1 is 1.43 bits per heavy atom. The van der Waals surface area contributed by atoms with Crippen LogP contribution in [0.4, 0.5) is 0 Å². The third-order valence-electron chi connectivity index (χ3n) is 4.40. The van der Waals surface area contributed by atoms with Crippen molar-refractivity contribution in [1.82, 2.24) is 9.55 Å². The predicted molar refractivity (Wildman–Crippen MR) is 95.1 cm³/mol. The number of halogens is 2. The second-order valence-electron chi connectivity index (χ2n) is 5.66. The molecule has 5 heteroatoms. The first-order valence-corrected chi connectivity index (χ1v) is 9.12. The predicted octanol–water partition coefficient (Wildman–Crippen LogP) is 4.41. The van der Waals surface area contributed by atoms with Gasteiger partial charge in [-0.3, -0.25) is 0 Å². The number of hydrogen-bond acceptors (Lipinski definition) is 2. The van der Waals surface area contributed by atoms with E-state index in [1.54, 1.807) is 0 Å². The Hall–Kier alpha value is -0.330. The number of aromatic nitrogens is 2. The largest absolute Gasteiger partial charge is 0.381 e. The topological polar surface area (TPSA) is 27.1 Å². The van der Waals surface area contributed by atoms with Crippen LogP contribution in [0.25, 0.3) is 11.0 Å². The van der Waals surface area contributed by atoms with Crippen molar-refractivity contribution < 1.29 is 4.74 Å². The molecule has 21 heavy (non-hydrogen) atoms. The Morgan fingerprint density at radius 3 is 2.90 bits per heavy atom. The fourth-order valence-corrected chi connectivity index (χ4v) is 3.89. The number of fused-ring (bicyclic) bond motifs is 1. The van der Waals surface area contributed by atoms with Gasteiger partial charge in [0.2, 0.25) is 0 Å². The van der Waals surface area contributed by atoms with Crippen LogP contribution in [0, 0.1) is 9.49 Å². The Morgan fingerprint density at radius 2 is 2.19 bits per heavy atom. The van der Waals surface area contributed by atoms with Crippen molar-refractivity contribution in [2.24, 2.45) is 5.92 Å². The maximum absolute atomic E-state index is 5.98. The van der Waals surface area contributed by atoms with Crippen LogP contribution < -0.4 is 0 Å². The summed E-state index contributed by atoms with van der Waals surface area (Å²) >= 11 is 8.32. The van der Waals surface area contributed by atoms with Crippen molar-refractivity contribution in [3.8, 4) is 0 Å². The molecule has 3 rings (SSSR count). The van der Waals surface area contributed by atoms with Crippen LogP contribution in [0.1, 0.15) is 31.6 Å². The van der Waals surface area contributed by atoms with Gasteiger partial charge in [0.1, 0.15) is 5.82 Å². The highest BCUT2D eigenvalue weighted by atomic mass is 127. The second-order valence-corrected chi connectivity index (χ2v) is 7.28. The number of ether oxygens (including phenoxy) is 1. The maximum Gasteiger partial charge on any atom is 0.111 e. The summed E-state index contributed by atoms with van der Waals surface area (Å²) in [5.41, 5.74) is 2.32. The monoisotopic (exact) mass is 418 g/mol. The molecule has 0 radical (unpaired) electrons. The highest BCUT2D eigenvalue weighted by Gasteiger charge is 2.25. The van der Waals surface area contributed by atoms with E-state index in [-0.39, 0.29) is 0 Å². The van der Waals surface area contributed by atoms with Crippen molar-refractivity contribution >= 4 is 45.2 Å². The van der Waals surface area contributed by atoms with Crippen LogP contribution in [0.5, 0.6) is 0 Å². The molecule has 1 aliphatic rings. The van der Waals surface area contributed by atoms with E-state index in [1.807, 2.05) is 0 Å². The van der Waals surface area contributed by atoms with E-state index < -0.39 is 0 Å². The maximum atomic E-state index is 5.98. The number of imidazole rings is 1. The summed E-state index contributed by atoms with van der Waals surface area (Å²) in [4.78, 5) is 4.82. The molecule has 1 aliphatic heterocycles. The van der Waals surface area contributed by atoms with Crippen molar-refractivity contribution in [2.75, 3.05) is 19.1 Å². The Balaban J connectivity index is 2.03. The molecular formula is C16H20ClIN2O. The fraction of sp³-hybridized carbons (Fsp3) is 0.562. The minimum atomic E-state index is 0.442. The lowest BCUT2D eigenvalue weighted by Gasteiger charge is -2.30. The molecule has 0 spiro atoms. The lowest BCUT2D eigenvalue weighted by atomic mass is 9.92. The zero-order valence-electron chi connectivity index (χ0n) is 12.2. The fourth-order valence-electron chi connectivity index (χ4n) is 3.25. The van der Waals surface area contributed by atoms with Crippen molar-refractivity contribution in [2.45, 2.75) is 32.2 Å². The van der Waals surface area contributed by atoms with Gasteiger partial charge in [0, 0.05) is 35.1 Å². The Kier molecular flexibility index (Phi) is 5.07. The number of hydrogen-bond donors (Lipinski definition) is 0. The first kappa shape index (κ1) is 15.6. The van der Waals surface area contributed by atoms with Gasteiger partial charge in [-0.25, -0.2) is 4.98 Å². The quantitative estimate of drug-likeness (QED) is 0.543. The van der Waals surface area contributed by atoms with Crippen molar-refractivity contribution in [1.29, 1.82) is 0 Å². The molecule has 0 aliphatic carbocycles. The van der Waals surface area contributed by atoms with Gasteiger partial charge in [0.15, 0.2) is 0 Å². The molecule has 1 fully saturated rings. The highest BCUT2D eigenvalue weighted by Crippen LogP contribution is 2.32. The molecule has 1 saturated heterocycles. The van der Waals surface area contributed by atoms with E-state index in [2.05, 4.69) is 52.3 Å². The number of rotatable bonds is 4. The standard InChI is InChI=1S/C16H20ClIN2O/c1-11(12-5-8-21-9-6-12)20-15-3-2-13(18)10-14(15)19-16(20)4-7-17/h2-3,10-12H,4-9H2,1H3. The van der Waals surface area contributed by atoms with Gasteiger partial charge < -0.3 is 9.30 Å². The average Bonchev–Trinajstić information content (AvgIpc) is 2.85. The summed E-state index contributed by atoms with van der Waals surface area (Å²) in [7, 11) is 0. The van der Waals surface area contributed by atoms with Crippen LogP contribution in [0.2, 0.25) is 0 Å². The molecule has 2 aromatic rings. The van der Waals surface area contributed by atoms with Crippen LogP contribution in [0.15, 0.2) is 18.2 Å². The lowest BCUT2D eigenvalue weighted by molar-refractivity contribution is 0.0515. The van der Waals surface area contributed by atoms with Crippen LogP contribution in [0.3, 0.4) is 0 Å². The SMILES string of the molecule is CC(C1CCOCC1)n1c(CCCl)nc2cc(I)ccc21. The van der Waals surface area contributed by atoms with Gasteiger partial charge in [-0.15, -0.1) is 11.6 Å². The van der Waals surface area contributed by atoms with Crippen LogP contribution >= 0.6 is 34.2 Å². The number of benzene rings is 1. The normalized spacial score (nSPS) is 18.2. The molecule has 0 saturated carbocycles. The first-order chi connectivity index (χ1) is 10.2. The zero-order valence-corrected chi connectivity index (χ0v) is 15.1. The third-order valence-corrected chi connectivity index (χ3v) is 5.26. The lowest BCUT2D eigenvalue weighted by Crippen LogP contribution is -2.25. The number of nitrogens with zero attached hydrogens (tertiary/aromatic N) is 2. The smallest absolute Gasteiger partial charge is 0.111 e. The van der Waals surface area contributed by atoms with E-state index in [1.165, 1.54) is 9.09 Å². The van der Waals surface area contributed by atoms with Crippen LogP contribution in [-0.4, -0.2) is 28.6 Å². The highest BCUT2D eigenvalue weighted by molar-refractivity contribution is 14.1. The molecule has 114 valence electrons. The Labute approximate surface area is 144 Å². The van der Waals surface area contributed by atoms with Gasteiger partial charge in [0.25, 0.3) is 0 Å². The first-order valence-electron chi connectivity index (χ1n) is 7.50. The third kappa shape index (κ3) is 3.22. The minimum Gasteiger partial charge on any atom is -0.381 e. The van der Waals surface area contributed by atoms with Gasteiger partial charge in [-0.1, -0.05) is 0 Å². The molecular weight excluding hydrogens is 399 g/mol. The summed E-state index contributed by atoms with van der Waals surface area (Å²) in [5, 5.41) is 0. The minimum absolute atomic E-state index is 0.442. The molecule has 2 heterocycles. The van der Waals surface area contributed by atoms with Crippen molar-refractivity contribution in [3.63, 3.8) is 0 Å². The van der Waals surface area contributed by atoms with E-state index in [0.29, 0.717) is 17.8 Å². The molecule has 1 aromatic carbocycles. The van der Waals surface area contributed by atoms with Gasteiger partial charge in [-0.05, 0) is 66.5 Å². The summed E-state index contributed by atoms with van der Waals surface area (Å²) in [5.74, 6) is 2.38. The van der Waals surface area contributed by atoms with Crippen LogP contribution in [-0.2, 0) is 11.2 Å². The molecule has 1 unspecified atom stereocenters. The molecule has 1 aromatic heterocycles. The molecule has 0 amide bonds. The summed E-state index contributed by atoms with van der Waals surface area (Å²) in [6, 6.07) is 6.94. The molecule has 0 N–H and O–H groups in total. The average molecular weight is 419 g/mol. The van der Waals surface area contributed by atoms with E-state index in [4.69, 9.17) is 21.3 Å². The zero-order chi connectivity index (χ0) is 14.8. The van der Waals surface area contributed by atoms with Crippen molar-refractivity contribution in [3.05, 3.63) is 27.6 Å². The van der Waals surface area contributed by atoms with E-state index in [0.717, 1.165) is 43.8 Å². The number of aryl methyl sites for hydroxylation is 1. The van der Waals surface area contributed by atoms with Gasteiger partial charge in [0.05, 0.1) is 11.0 Å².